The Kier molecular flexibility index (Phi) is 4.43. The normalized spacial score (nSPS) is 34.7. The van der Waals surface area contributed by atoms with Crippen LogP contribution in [0.15, 0.2) is 0 Å². The predicted molar refractivity (Wildman–Crippen MR) is 69.8 cm³/mol. The molecule has 0 bridgehead atoms. The lowest BCUT2D eigenvalue weighted by molar-refractivity contribution is -0.139. The molecule has 1 heterocycles. The van der Waals surface area contributed by atoms with Crippen LogP contribution in [0.4, 0.5) is 0 Å². The maximum absolute atomic E-state index is 12.5. The summed E-state index contributed by atoms with van der Waals surface area (Å²) in [7, 11) is 0. The van der Waals surface area contributed by atoms with Crippen LogP contribution in [-0.4, -0.2) is 36.5 Å². The summed E-state index contributed by atoms with van der Waals surface area (Å²) in [4.78, 5) is 14.6. The van der Waals surface area contributed by atoms with E-state index in [1.807, 2.05) is 0 Å². The first kappa shape index (κ1) is 12.9. The number of hydrogen-bond donors (Lipinski definition) is 1. The van der Waals surface area contributed by atoms with E-state index in [0.717, 1.165) is 38.4 Å². The lowest BCUT2D eigenvalue weighted by Gasteiger charge is -2.38. The molecular weight excluding hydrogens is 212 g/mol. The maximum Gasteiger partial charge on any atom is 0.226 e. The second-order valence-electron chi connectivity index (χ2n) is 5.71. The first-order chi connectivity index (χ1) is 8.22. The summed E-state index contributed by atoms with van der Waals surface area (Å²) in [5.41, 5.74) is 0. The fourth-order valence-electron chi connectivity index (χ4n) is 3.22. The predicted octanol–water partition coefficient (Wildman–Crippen LogP) is 2.02. The van der Waals surface area contributed by atoms with Crippen LogP contribution in [0, 0.1) is 11.8 Å². The summed E-state index contributed by atoms with van der Waals surface area (Å²) in [5, 5.41) is 3.34. The van der Waals surface area contributed by atoms with Crippen molar-refractivity contribution in [1.29, 1.82) is 0 Å². The number of nitrogens with one attached hydrogen (secondary N) is 1. The topological polar surface area (TPSA) is 32.3 Å². The number of carbonyl (C=O) groups is 1. The second kappa shape index (κ2) is 5.85. The van der Waals surface area contributed by atoms with E-state index in [1.165, 1.54) is 19.3 Å². The van der Waals surface area contributed by atoms with Gasteiger partial charge in [-0.05, 0) is 38.5 Å². The molecule has 2 fully saturated rings. The molecule has 1 aliphatic heterocycles. The lowest BCUT2D eigenvalue weighted by atomic mass is 9.80. The number of carbonyl (C=O) groups excluding carboxylic acids is 1. The quantitative estimate of drug-likeness (QED) is 0.798. The molecule has 0 aromatic heterocycles. The minimum Gasteiger partial charge on any atom is -0.337 e. The zero-order chi connectivity index (χ0) is 12.3. The summed E-state index contributed by atoms with van der Waals surface area (Å²) in [6.45, 7) is 7.23. The smallest absolute Gasteiger partial charge is 0.226 e. The fourth-order valence-corrected chi connectivity index (χ4v) is 3.22. The first-order valence-electron chi connectivity index (χ1n) is 7.23. The van der Waals surface area contributed by atoms with Gasteiger partial charge >= 0.3 is 0 Å². The number of amides is 1. The van der Waals surface area contributed by atoms with Crippen molar-refractivity contribution < 1.29 is 4.79 Å². The third-order valence-electron chi connectivity index (χ3n) is 4.56. The fraction of sp³-hybridized carbons (Fsp3) is 0.929. The molecule has 98 valence electrons. The summed E-state index contributed by atoms with van der Waals surface area (Å²) < 4.78 is 0. The van der Waals surface area contributed by atoms with Gasteiger partial charge in [-0.25, -0.2) is 0 Å². The summed E-state index contributed by atoms with van der Waals surface area (Å²) >= 11 is 0. The molecular formula is C14H26N2O. The van der Waals surface area contributed by atoms with Crippen LogP contribution in [0.25, 0.3) is 0 Å². The van der Waals surface area contributed by atoms with Crippen molar-refractivity contribution in [1.82, 2.24) is 10.2 Å². The standard InChI is InChI=1S/C14H26N2O/c1-3-12-4-6-13(7-5-12)14(17)16-9-8-15-10-11(16)2/h11-13,15H,3-10H2,1-2H3. The van der Waals surface area contributed by atoms with Crippen molar-refractivity contribution >= 4 is 5.91 Å². The molecule has 1 amide bonds. The zero-order valence-electron chi connectivity index (χ0n) is 11.2. The van der Waals surface area contributed by atoms with Crippen molar-refractivity contribution in [2.75, 3.05) is 19.6 Å². The highest BCUT2D eigenvalue weighted by Crippen LogP contribution is 2.32. The molecule has 1 atom stereocenters. The number of hydrogen-bond acceptors (Lipinski definition) is 2. The molecule has 0 aromatic rings. The van der Waals surface area contributed by atoms with Crippen molar-refractivity contribution in [3.8, 4) is 0 Å². The Morgan fingerprint density at radius 3 is 2.59 bits per heavy atom. The number of nitrogens with zero attached hydrogens (tertiary/aromatic N) is 1. The minimum atomic E-state index is 0.318. The molecule has 3 nitrogen and oxygen atoms in total. The number of piperazine rings is 1. The van der Waals surface area contributed by atoms with Gasteiger partial charge in [0.1, 0.15) is 0 Å². The number of rotatable bonds is 2. The summed E-state index contributed by atoms with van der Waals surface area (Å²) in [5.74, 6) is 1.62. The maximum atomic E-state index is 12.5. The van der Waals surface area contributed by atoms with Gasteiger partial charge in [0, 0.05) is 31.6 Å². The van der Waals surface area contributed by atoms with Crippen LogP contribution in [0.3, 0.4) is 0 Å². The molecule has 0 radical (unpaired) electrons. The lowest BCUT2D eigenvalue weighted by Crippen LogP contribution is -2.54. The van der Waals surface area contributed by atoms with Crippen LogP contribution in [0.5, 0.6) is 0 Å². The van der Waals surface area contributed by atoms with E-state index in [9.17, 15) is 4.79 Å². The molecule has 3 heteroatoms. The Balaban J connectivity index is 1.87. The first-order valence-corrected chi connectivity index (χ1v) is 7.23. The highest BCUT2D eigenvalue weighted by atomic mass is 16.2. The van der Waals surface area contributed by atoms with Gasteiger partial charge < -0.3 is 10.2 Å². The van der Waals surface area contributed by atoms with E-state index in [1.54, 1.807) is 0 Å². The summed E-state index contributed by atoms with van der Waals surface area (Å²) in [6.07, 6.45) is 6.04. The molecule has 1 saturated heterocycles. The molecule has 1 saturated carbocycles. The van der Waals surface area contributed by atoms with Gasteiger partial charge in [-0.3, -0.25) is 4.79 Å². The monoisotopic (exact) mass is 238 g/mol. The van der Waals surface area contributed by atoms with E-state index in [2.05, 4.69) is 24.1 Å². The Morgan fingerprint density at radius 2 is 2.00 bits per heavy atom. The molecule has 2 rings (SSSR count). The Morgan fingerprint density at radius 1 is 1.29 bits per heavy atom. The molecule has 0 spiro atoms. The van der Waals surface area contributed by atoms with Gasteiger partial charge in [0.15, 0.2) is 0 Å². The van der Waals surface area contributed by atoms with Crippen molar-refractivity contribution in [2.45, 2.75) is 52.0 Å². The Bertz CT molecular complexity index is 259. The highest BCUT2D eigenvalue weighted by molar-refractivity contribution is 5.79. The van der Waals surface area contributed by atoms with Crippen molar-refractivity contribution in [3.05, 3.63) is 0 Å². The zero-order valence-corrected chi connectivity index (χ0v) is 11.2. The van der Waals surface area contributed by atoms with Crippen LogP contribution in [-0.2, 0) is 4.79 Å². The van der Waals surface area contributed by atoms with Gasteiger partial charge in [0.05, 0.1) is 0 Å². The summed E-state index contributed by atoms with van der Waals surface area (Å²) in [6, 6.07) is 0.375. The molecule has 1 unspecified atom stereocenters. The third-order valence-corrected chi connectivity index (χ3v) is 4.56. The third kappa shape index (κ3) is 3.01. The molecule has 0 aromatic carbocycles. The van der Waals surface area contributed by atoms with Crippen LogP contribution >= 0.6 is 0 Å². The van der Waals surface area contributed by atoms with Gasteiger partial charge in [-0.2, -0.15) is 0 Å². The SMILES string of the molecule is CCC1CCC(C(=O)N2CCNCC2C)CC1. The van der Waals surface area contributed by atoms with Crippen molar-refractivity contribution in [2.24, 2.45) is 11.8 Å². The van der Waals surface area contributed by atoms with E-state index < -0.39 is 0 Å². The van der Waals surface area contributed by atoms with Crippen molar-refractivity contribution in [3.63, 3.8) is 0 Å². The largest absolute Gasteiger partial charge is 0.337 e. The van der Waals surface area contributed by atoms with Gasteiger partial charge in [-0.15, -0.1) is 0 Å². The van der Waals surface area contributed by atoms with E-state index in [-0.39, 0.29) is 0 Å². The highest BCUT2D eigenvalue weighted by Gasteiger charge is 2.31. The van der Waals surface area contributed by atoms with Gasteiger partial charge in [0.25, 0.3) is 0 Å². The average Bonchev–Trinajstić information content (AvgIpc) is 2.39. The molecule has 17 heavy (non-hydrogen) atoms. The van der Waals surface area contributed by atoms with Gasteiger partial charge in [-0.1, -0.05) is 13.3 Å². The molecule has 1 aliphatic carbocycles. The Labute approximate surface area is 105 Å². The van der Waals surface area contributed by atoms with Gasteiger partial charge in [0.2, 0.25) is 5.91 Å². The Hall–Kier alpha value is -0.570. The van der Waals surface area contributed by atoms with Crippen LogP contribution in [0.2, 0.25) is 0 Å². The van der Waals surface area contributed by atoms with E-state index in [0.29, 0.717) is 17.9 Å². The van der Waals surface area contributed by atoms with E-state index in [4.69, 9.17) is 0 Å². The van der Waals surface area contributed by atoms with E-state index >= 15 is 0 Å². The average molecular weight is 238 g/mol. The molecule has 2 aliphatic rings. The van der Waals surface area contributed by atoms with Crippen LogP contribution < -0.4 is 5.32 Å². The molecule has 1 N–H and O–H groups in total. The second-order valence-corrected chi connectivity index (χ2v) is 5.71. The van der Waals surface area contributed by atoms with Crippen LogP contribution in [0.1, 0.15) is 46.0 Å². The minimum absolute atomic E-state index is 0.318.